The number of hydrogen-bond donors (Lipinski definition) is 1. The molecule has 0 radical (unpaired) electrons. The molecular formula is C15H23BrN2. The van der Waals surface area contributed by atoms with Gasteiger partial charge in [0.2, 0.25) is 0 Å². The van der Waals surface area contributed by atoms with Gasteiger partial charge in [0, 0.05) is 29.8 Å². The number of nitrogens with one attached hydrogen (secondary N) is 1. The fourth-order valence-corrected chi connectivity index (χ4v) is 3.09. The maximum atomic E-state index is 3.68. The van der Waals surface area contributed by atoms with Crippen LogP contribution in [0.25, 0.3) is 0 Å². The molecular weight excluding hydrogens is 288 g/mol. The van der Waals surface area contributed by atoms with Gasteiger partial charge in [-0.1, -0.05) is 28.9 Å². The third kappa shape index (κ3) is 3.48. The van der Waals surface area contributed by atoms with E-state index in [1.165, 1.54) is 48.1 Å². The summed E-state index contributed by atoms with van der Waals surface area (Å²) in [4.78, 5) is 2.53. The second-order valence-corrected chi connectivity index (χ2v) is 6.18. The largest absolute Gasteiger partial charge is 0.371 e. The van der Waals surface area contributed by atoms with Crippen molar-refractivity contribution in [2.45, 2.75) is 32.7 Å². The van der Waals surface area contributed by atoms with Gasteiger partial charge in [0.25, 0.3) is 0 Å². The number of benzene rings is 1. The molecule has 100 valence electrons. The zero-order valence-electron chi connectivity index (χ0n) is 11.4. The summed E-state index contributed by atoms with van der Waals surface area (Å²) < 4.78 is 1.21. The van der Waals surface area contributed by atoms with Gasteiger partial charge in [-0.2, -0.15) is 0 Å². The summed E-state index contributed by atoms with van der Waals surface area (Å²) in [5.41, 5.74) is 2.68. The molecule has 1 N–H and O–H groups in total. The van der Waals surface area contributed by atoms with Crippen molar-refractivity contribution < 1.29 is 0 Å². The van der Waals surface area contributed by atoms with E-state index in [4.69, 9.17) is 0 Å². The third-order valence-corrected chi connectivity index (χ3v) is 4.52. The minimum Gasteiger partial charge on any atom is -0.371 e. The molecule has 18 heavy (non-hydrogen) atoms. The number of nitrogens with zero attached hydrogens (tertiary/aromatic N) is 1. The van der Waals surface area contributed by atoms with Gasteiger partial charge in [-0.15, -0.1) is 0 Å². The molecule has 0 aromatic heterocycles. The maximum Gasteiger partial charge on any atom is 0.0377 e. The number of halogens is 1. The van der Waals surface area contributed by atoms with Crippen molar-refractivity contribution >= 4 is 21.6 Å². The summed E-state index contributed by atoms with van der Waals surface area (Å²) in [6.45, 7) is 5.68. The number of rotatable bonds is 3. The number of anilines is 1. The fourth-order valence-electron chi connectivity index (χ4n) is 2.59. The summed E-state index contributed by atoms with van der Waals surface area (Å²) in [5.74, 6) is 0.877. The van der Waals surface area contributed by atoms with E-state index in [0.29, 0.717) is 0 Å². The summed E-state index contributed by atoms with van der Waals surface area (Å²) in [7, 11) is 1.98. The fraction of sp³-hybridized carbons (Fsp3) is 0.600. The summed E-state index contributed by atoms with van der Waals surface area (Å²) >= 11 is 3.68. The Balaban J connectivity index is 2.10. The Morgan fingerprint density at radius 2 is 2.17 bits per heavy atom. The molecule has 1 atom stereocenters. The summed E-state index contributed by atoms with van der Waals surface area (Å²) in [6, 6.07) is 6.75. The Morgan fingerprint density at radius 3 is 2.89 bits per heavy atom. The van der Waals surface area contributed by atoms with Crippen LogP contribution in [0.1, 0.15) is 31.7 Å². The van der Waals surface area contributed by atoms with Crippen molar-refractivity contribution in [3.8, 4) is 0 Å². The molecule has 1 heterocycles. The van der Waals surface area contributed by atoms with Crippen molar-refractivity contribution in [3.05, 3.63) is 28.2 Å². The Morgan fingerprint density at radius 1 is 1.33 bits per heavy atom. The van der Waals surface area contributed by atoms with E-state index in [2.05, 4.69) is 51.3 Å². The second-order valence-electron chi connectivity index (χ2n) is 5.33. The predicted molar refractivity (Wildman–Crippen MR) is 82.1 cm³/mol. The standard InChI is InChI=1S/C15H23BrN2/c1-12-4-3-8-18(9-7-12)14-6-5-13(11-17-2)15(16)10-14/h5-6,10,12,17H,3-4,7-9,11H2,1-2H3. The SMILES string of the molecule is CNCc1ccc(N2CCCC(C)CC2)cc1Br. The first-order chi connectivity index (χ1) is 8.70. The van der Waals surface area contributed by atoms with Crippen molar-refractivity contribution in [2.24, 2.45) is 5.92 Å². The van der Waals surface area contributed by atoms with Crippen LogP contribution in [0.4, 0.5) is 5.69 Å². The lowest BCUT2D eigenvalue weighted by atomic mass is 10.0. The van der Waals surface area contributed by atoms with Gasteiger partial charge < -0.3 is 10.2 Å². The molecule has 0 amide bonds. The second kappa shape index (κ2) is 6.58. The highest BCUT2D eigenvalue weighted by Gasteiger charge is 2.14. The minimum absolute atomic E-state index is 0.877. The molecule has 1 aliphatic rings. The molecule has 0 spiro atoms. The number of hydrogen-bond acceptors (Lipinski definition) is 2. The van der Waals surface area contributed by atoms with Crippen LogP contribution in [0.5, 0.6) is 0 Å². The zero-order valence-corrected chi connectivity index (χ0v) is 13.0. The predicted octanol–water partition coefficient (Wildman–Crippen LogP) is 3.79. The molecule has 2 nitrogen and oxygen atoms in total. The summed E-state index contributed by atoms with van der Waals surface area (Å²) in [6.07, 6.45) is 4.00. The van der Waals surface area contributed by atoms with Crippen LogP contribution >= 0.6 is 15.9 Å². The lowest BCUT2D eigenvalue weighted by molar-refractivity contribution is 0.521. The molecule has 1 aliphatic heterocycles. The van der Waals surface area contributed by atoms with Crippen molar-refractivity contribution in [3.63, 3.8) is 0 Å². The maximum absolute atomic E-state index is 3.68. The van der Waals surface area contributed by atoms with Crippen LogP contribution in [0.15, 0.2) is 22.7 Å². The van der Waals surface area contributed by atoms with Gasteiger partial charge in [0.05, 0.1) is 0 Å². The molecule has 0 aliphatic carbocycles. The van der Waals surface area contributed by atoms with E-state index in [9.17, 15) is 0 Å². The monoisotopic (exact) mass is 310 g/mol. The van der Waals surface area contributed by atoms with Crippen LogP contribution in [0.2, 0.25) is 0 Å². The Bertz CT molecular complexity index is 392. The molecule has 2 rings (SSSR count). The third-order valence-electron chi connectivity index (χ3n) is 3.79. The van der Waals surface area contributed by atoms with E-state index in [-0.39, 0.29) is 0 Å². The van der Waals surface area contributed by atoms with Crippen LogP contribution < -0.4 is 10.2 Å². The molecule has 3 heteroatoms. The normalized spacial score (nSPS) is 20.8. The average molecular weight is 311 g/mol. The topological polar surface area (TPSA) is 15.3 Å². The Hall–Kier alpha value is -0.540. The first-order valence-electron chi connectivity index (χ1n) is 6.88. The highest BCUT2D eigenvalue weighted by atomic mass is 79.9. The van der Waals surface area contributed by atoms with Crippen LogP contribution in [-0.4, -0.2) is 20.1 Å². The molecule has 0 bridgehead atoms. The van der Waals surface area contributed by atoms with Crippen molar-refractivity contribution in [1.82, 2.24) is 5.32 Å². The van der Waals surface area contributed by atoms with E-state index in [1.54, 1.807) is 0 Å². The van der Waals surface area contributed by atoms with E-state index >= 15 is 0 Å². The lowest BCUT2D eigenvalue weighted by Crippen LogP contribution is -2.24. The van der Waals surface area contributed by atoms with Crippen LogP contribution in [0.3, 0.4) is 0 Å². The smallest absolute Gasteiger partial charge is 0.0377 e. The zero-order chi connectivity index (χ0) is 13.0. The highest BCUT2D eigenvalue weighted by molar-refractivity contribution is 9.10. The van der Waals surface area contributed by atoms with Crippen molar-refractivity contribution in [2.75, 3.05) is 25.0 Å². The van der Waals surface area contributed by atoms with E-state index < -0.39 is 0 Å². The van der Waals surface area contributed by atoms with Crippen LogP contribution in [0, 0.1) is 5.92 Å². The summed E-state index contributed by atoms with van der Waals surface area (Å²) in [5, 5.41) is 3.20. The van der Waals surface area contributed by atoms with Gasteiger partial charge >= 0.3 is 0 Å². The minimum atomic E-state index is 0.877. The van der Waals surface area contributed by atoms with Gasteiger partial charge in [0.1, 0.15) is 0 Å². The molecule has 1 fully saturated rings. The first-order valence-corrected chi connectivity index (χ1v) is 7.68. The lowest BCUT2D eigenvalue weighted by Gasteiger charge is -2.23. The Kier molecular flexibility index (Phi) is 5.07. The van der Waals surface area contributed by atoms with Gasteiger partial charge in [-0.05, 0) is 49.9 Å². The van der Waals surface area contributed by atoms with Gasteiger partial charge in [-0.25, -0.2) is 0 Å². The van der Waals surface area contributed by atoms with Gasteiger partial charge in [-0.3, -0.25) is 0 Å². The van der Waals surface area contributed by atoms with Crippen molar-refractivity contribution in [1.29, 1.82) is 0 Å². The molecule has 1 aromatic carbocycles. The highest BCUT2D eigenvalue weighted by Crippen LogP contribution is 2.27. The Labute approximate surface area is 119 Å². The van der Waals surface area contributed by atoms with E-state index in [0.717, 1.165) is 12.5 Å². The van der Waals surface area contributed by atoms with E-state index in [1.807, 2.05) is 7.05 Å². The van der Waals surface area contributed by atoms with Gasteiger partial charge in [0.15, 0.2) is 0 Å². The molecule has 0 saturated carbocycles. The molecule has 1 unspecified atom stereocenters. The first kappa shape index (κ1) is 13.9. The average Bonchev–Trinajstić information content (AvgIpc) is 2.57. The van der Waals surface area contributed by atoms with Crippen LogP contribution in [-0.2, 0) is 6.54 Å². The quantitative estimate of drug-likeness (QED) is 0.913. The molecule has 1 saturated heterocycles. The molecule has 1 aromatic rings.